The molecule has 2 amide bonds. The quantitative estimate of drug-likeness (QED) is 0.861. The Bertz CT molecular complexity index is 682. The molecule has 1 fully saturated rings. The van der Waals surface area contributed by atoms with E-state index in [1.165, 1.54) is 16.3 Å². The molecule has 0 aromatic heterocycles. The van der Waals surface area contributed by atoms with Crippen molar-refractivity contribution in [1.29, 1.82) is 0 Å². The Morgan fingerprint density at radius 1 is 1.26 bits per heavy atom. The first kappa shape index (κ1) is 15.8. The molecule has 0 saturated heterocycles. The number of fused-ring (bicyclic) bond motifs is 1. The van der Waals surface area contributed by atoms with Gasteiger partial charge in [-0.1, -0.05) is 42.5 Å². The normalized spacial score (nSPS) is 15.4. The van der Waals surface area contributed by atoms with Gasteiger partial charge in [-0.25, -0.2) is 4.79 Å². The molecule has 0 spiro atoms. The van der Waals surface area contributed by atoms with E-state index in [4.69, 9.17) is 5.11 Å². The van der Waals surface area contributed by atoms with Crippen molar-refractivity contribution in [3.63, 3.8) is 0 Å². The van der Waals surface area contributed by atoms with E-state index in [1.54, 1.807) is 4.90 Å². The smallest absolute Gasteiger partial charge is 0.317 e. The predicted molar refractivity (Wildman–Crippen MR) is 92.5 cm³/mol. The molecule has 4 nitrogen and oxygen atoms in total. The first-order chi connectivity index (χ1) is 11.2. The molecule has 1 aliphatic rings. The number of aliphatic hydroxyl groups is 1. The molecule has 2 aromatic rings. The van der Waals surface area contributed by atoms with E-state index in [1.807, 2.05) is 19.1 Å². The first-order valence-electron chi connectivity index (χ1n) is 8.33. The van der Waals surface area contributed by atoms with Gasteiger partial charge in [0.1, 0.15) is 0 Å². The van der Waals surface area contributed by atoms with E-state index in [0.717, 1.165) is 19.3 Å². The summed E-state index contributed by atoms with van der Waals surface area (Å²) in [4.78, 5) is 14.1. The van der Waals surface area contributed by atoms with Crippen LogP contribution in [0.4, 0.5) is 4.79 Å². The lowest BCUT2D eigenvalue weighted by atomic mass is 10.0. The molecule has 3 rings (SSSR count). The molecular weight excluding hydrogens is 288 g/mol. The van der Waals surface area contributed by atoms with Crippen molar-refractivity contribution in [2.24, 2.45) is 0 Å². The van der Waals surface area contributed by atoms with E-state index in [-0.39, 0.29) is 18.7 Å². The zero-order valence-electron chi connectivity index (χ0n) is 13.5. The molecular formula is C19H24N2O2. The van der Waals surface area contributed by atoms with E-state index in [2.05, 4.69) is 35.6 Å². The van der Waals surface area contributed by atoms with Gasteiger partial charge in [-0.15, -0.1) is 0 Å². The van der Waals surface area contributed by atoms with Crippen LogP contribution in [0.1, 0.15) is 25.3 Å². The fourth-order valence-corrected chi connectivity index (χ4v) is 3.01. The van der Waals surface area contributed by atoms with Gasteiger partial charge in [-0.3, -0.25) is 0 Å². The second-order valence-electron chi connectivity index (χ2n) is 6.38. The van der Waals surface area contributed by atoms with Crippen LogP contribution in [-0.2, 0) is 6.42 Å². The third-order valence-electron chi connectivity index (χ3n) is 4.32. The summed E-state index contributed by atoms with van der Waals surface area (Å²) in [5, 5.41) is 14.6. The molecule has 0 aliphatic heterocycles. The minimum absolute atomic E-state index is 0.0168. The molecule has 0 radical (unpaired) electrons. The number of hydrogen-bond acceptors (Lipinski definition) is 2. The number of rotatable bonds is 6. The number of urea groups is 1. The van der Waals surface area contributed by atoms with Crippen molar-refractivity contribution in [3.8, 4) is 0 Å². The molecule has 1 saturated carbocycles. The summed E-state index contributed by atoms with van der Waals surface area (Å²) >= 11 is 0. The standard InChI is InChI=1S/C19H24N2O2/c1-14(20-19(23)21(10-11-22)18-8-9-18)12-15-6-7-16-4-2-3-5-17(16)13-15/h2-7,13-14,18,22H,8-12H2,1H3,(H,20,23). The molecule has 4 heteroatoms. The van der Waals surface area contributed by atoms with Gasteiger partial charge < -0.3 is 15.3 Å². The van der Waals surface area contributed by atoms with Crippen molar-refractivity contribution in [3.05, 3.63) is 48.0 Å². The molecule has 0 heterocycles. The fourth-order valence-electron chi connectivity index (χ4n) is 3.01. The van der Waals surface area contributed by atoms with Crippen molar-refractivity contribution < 1.29 is 9.90 Å². The Kier molecular flexibility index (Phi) is 4.82. The summed E-state index contributed by atoms with van der Waals surface area (Å²) in [6, 6.07) is 15.0. The zero-order chi connectivity index (χ0) is 16.2. The Hall–Kier alpha value is -2.07. The van der Waals surface area contributed by atoms with Crippen molar-refractivity contribution >= 4 is 16.8 Å². The van der Waals surface area contributed by atoms with Gasteiger partial charge in [0.05, 0.1) is 6.61 Å². The zero-order valence-corrected chi connectivity index (χ0v) is 13.5. The number of nitrogens with one attached hydrogen (secondary N) is 1. The second-order valence-corrected chi connectivity index (χ2v) is 6.38. The lowest BCUT2D eigenvalue weighted by Crippen LogP contribution is -2.46. The summed E-state index contributed by atoms with van der Waals surface area (Å²) < 4.78 is 0. The topological polar surface area (TPSA) is 52.6 Å². The van der Waals surface area contributed by atoms with Crippen LogP contribution in [-0.4, -0.2) is 41.3 Å². The van der Waals surface area contributed by atoms with E-state index >= 15 is 0 Å². The lowest BCUT2D eigenvalue weighted by molar-refractivity contribution is 0.171. The molecule has 0 bridgehead atoms. The number of carbonyl (C=O) groups excluding carboxylic acids is 1. The van der Waals surface area contributed by atoms with Gasteiger partial charge in [0.15, 0.2) is 0 Å². The number of nitrogens with zero attached hydrogens (tertiary/aromatic N) is 1. The summed E-state index contributed by atoms with van der Waals surface area (Å²) in [6.45, 7) is 2.46. The highest BCUT2D eigenvalue weighted by Gasteiger charge is 2.32. The highest BCUT2D eigenvalue weighted by Crippen LogP contribution is 2.26. The Morgan fingerprint density at radius 2 is 2.00 bits per heavy atom. The van der Waals surface area contributed by atoms with Crippen LogP contribution < -0.4 is 5.32 Å². The van der Waals surface area contributed by atoms with Crippen LogP contribution in [0.3, 0.4) is 0 Å². The first-order valence-corrected chi connectivity index (χ1v) is 8.33. The van der Waals surface area contributed by atoms with Gasteiger partial charge in [0.2, 0.25) is 0 Å². The minimum Gasteiger partial charge on any atom is -0.395 e. The second kappa shape index (κ2) is 7.01. The average molecular weight is 312 g/mol. The van der Waals surface area contributed by atoms with Crippen LogP contribution in [0.2, 0.25) is 0 Å². The van der Waals surface area contributed by atoms with Crippen LogP contribution in [0.25, 0.3) is 10.8 Å². The molecule has 1 unspecified atom stereocenters. The fraction of sp³-hybridized carbons (Fsp3) is 0.421. The number of aliphatic hydroxyl groups excluding tert-OH is 1. The highest BCUT2D eigenvalue weighted by molar-refractivity contribution is 5.83. The summed E-state index contributed by atoms with van der Waals surface area (Å²) in [5.74, 6) is 0. The largest absolute Gasteiger partial charge is 0.395 e. The maximum Gasteiger partial charge on any atom is 0.317 e. The third kappa shape index (κ3) is 4.02. The van der Waals surface area contributed by atoms with Gasteiger partial charge in [-0.05, 0) is 42.5 Å². The Balaban J connectivity index is 1.61. The maximum atomic E-state index is 12.3. The molecule has 1 atom stereocenters. The maximum absolute atomic E-state index is 12.3. The van der Waals surface area contributed by atoms with Gasteiger partial charge >= 0.3 is 6.03 Å². The Labute approximate surface area is 137 Å². The SMILES string of the molecule is CC(Cc1ccc2ccccc2c1)NC(=O)N(CCO)C1CC1. The summed E-state index contributed by atoms with van der Waals surface area (Å²) in [5.41, 5.74) is 1.22. The lowest BCUT2D eigenvalue weighted by Gasteiger charge is -2.24. The number of amides is 2. The van der Waals surface area contributed by atoms with Crippen LogP contribution in [0.15, 0.2) is 42.5 Å². The molecule has 1 aliphatic carbocycles. The summed E-state index contributed by atoms with van der Waals surface area (Å²) in [7, 11) is 0. The predicted octanol–water partition coefficient (Wildman–Crippen LogP) is 2.94. The third-order valence-corrected chi connectivity index (χ3v) is 4.32. The number of hydrogen-bond donors (Lipinski definition) is 2. The van der Waals surface area contributed by atoms with E-state index < -0.39 is 0 Å². The average Bonchev–Trinajstić information content (AvgIpc) is 3.37. The monoisotopic (exact) mass is 312 g/mol. The molecule has 2 aromatic carbocycles. The molecule has 122 valence electrons. The highest BCUT2D eigenvalue weighted by atomic mass is 16.3. The van der Waals surface area contributed by atoms with Crippen LogP contribution >= 0.6 is 0 Å². The van der Waals surface area contributed by atoms with E-state index in [9.17, 15) is 4.79 Å². The number of carbonyl (C=O) groups is 1. The van der Waals surface area contributed by atoms with Crippen molar-refractivity contribution in [1.82, 2.24) is 10.2 Å². The minimum atomic E-state index is -0.0603. The van der Waals surface area contributed by atoms with Gasteiger partial charge in [0, 0.05) is 18.6 Å². The molecule has 2 N–H and O–H groups in total. The summed E-state index contributed by atoms with van der Waals surface area (Å²) in [6.07, 6.45) is 2.90. The number of benzene rings is 2. The van der Waals surface area contributed by atoms with Gasteiger partial charge in [0.25, 0.3) is 0 Å². The van der Waals surface area contributed by atoms with Crippen molar-refractivity contribution in [2.75, 3.05) is 13.2 Å². The van der Waals surface area contributed by atoms with Crippen LogP contribution in [0, 0.1) is 0 Å². The van der Waals surface area contributed by atoms with Crippen molar-refractivity contribution in [2.45, 2.75) is 38.3 Å². The van der Waals surface area contributed by atoms with E-state index in [0.29, 0.717) is 12.6 Å². The van der Waals surface area contributed by atoms with Gasteiger partial charge in [-0.2, -0.15) is 0 Å². The van der Waals surface area contributed by atoms with Crippen LogP contribution in [0.5, 0.6) is 0 Å². The Morgan fingerprint density at radius 3 is 2.70 bits per heavy atom. The molecule has 23 heavy (non-hydrogen) atoms.